The molecule has 10 heteroatoms. The normalized spacial score (nSPS) is 12.2. The largest absolute Gasteiger partial charge is 0.463 e. The Labute approximate surface area is 129 Å². The lowest BCUT2D eigenvalue weighted by molar-refractivity contribution is -0.173. The van der Waals surface area contributed by atoms with Gasteiger partial charge in [-0.25, -0.2) is 14.4 Å². The van der Waals surface area contributed by atoms with E-state index in [-0.39, 0.29) is 6.61 Å². The first-order chi connectivity index (χ1) is 8.79. The van der Waals surface area contributed by atoms with Crippen molar-refractivity contribution in [2.24, 2.45) is 0 Å². The van der Waals surface area contributed by atoms with Gasteiger partial charge in [-0.1, -0.05) is 46.4 Å². The lowest BCUT2D eigenvalue weighted by Crippen LogP contribution is -2.36. The van der Waals surface area contributed by atoms with Gasteiger partial charge in [0.2, 0.25) is 15.8 Å². The monoisotopic (exact) mass is 354 g/mol. The van der Waals surface area contributed by atoms with Crippen LogP contribution >= 0.6 is 46.4 Å². The van der Waals surface area contributed by atoms with Crippen molar-refractivity contribution in [1.82, 2.24) is 0 Å². The average Bonchev–Trinajstić information content (AvgIpc) is 2.33. The lowest BCUT2D eigenvalue weighted by atomic mass is 10.4. The van der Waals surface area contributed by atoms with E-state index in [9.17, 15) is 14.4 Å². The van der Waals surface area contributed by atoms with Gasteiger partial charge in [0.15, 0.2) is 0 Å². The van der Waals surface area contributed by atoms with Gasteiger partial charge in [-0.05, 0) is 6.92 Å². The second-order valence-electron chi connectivity index (χ2n) is 2.91. The van der Waals surface area contributed by atoms with Crippen molar-refractivity contribution >= 4 is 64.3 Å². The maximum Gasteiger partial charge on any atom is 0.351 e. The number of alkyl halides is 4. The molecule has 0 aromatic carbocycles. The standard InChI is InChI=1S/C9H10Cl4O6/c1-2-17-7(14)4(19-9(16)6(12)13)3-18-8(15)5(10)11/h4-6H,2-3H2,1H3/t4-/m1/s1. The first-order valence-corrected chi connectivity index (χ1v) is 6.64. The van der Waals surface area contributed by atoms with Crippen molar-refractivity contribution < 1.29 is 28.6 Å². The summed E-state index contributed by atoms with van der Waals surface area (Å²) in [7, 11) is 0. The lowest BCUT2D eigenvalue weighted by Gasteiger charge is -2.16. The van der Waals surface area contributed by atoms with Crippen LogP contribution in [-0.4, -0.2) is 46.9 Å². The van der Waals surface area contributed by atoms with Crippen LogP contribution in [0.1, 0.15) is 6.92 Å². The highest BCUT2D eigenvalue weighted by Gasteiger charge is 2.29. The number of hydrogen-bond acceptors (Lipinski definition) is 6. The van der Waals surface area contributed by atoms with Crippen molar-refractivity contribution in [3.63, 3.8) is 0 Å². The van der Waals surface area contributed by atoms with Gasteiger partial charge in [-0.3, -0.25) is 0 Å². The molecule has 0 N–H and O–H groups in total. The molecular formula is C9H10Cl4O6. The molecule has 0 unspecified atom stereocenters. The molecule has 0 aliphatic carbocycles. The fourth-order valence-electron chi connectivity index (χ4n) is 0.798. The quantitative estimate of drug-likeness (QED) is 0.392. The maximum atomic E-state index is 11.4. The molecule has 0 spiro atoms. The Morgan fingerprint density at radius 1 is 0.895 bits per heavy atom. The van der Waals surface area contributed by atoms with Crippen LogP contribution in [0, 0.1) is 0 Å². The molecule has 0 aliphatic rings. The minimum Gasteiger partial charge on any atom is -0.463 e. The zero-order valence-corrected chi connectivity index (χ0v) is 12.6. The maximum absolute atomic E-state index is 11.4. The number of carbonyl (C=O) groups is 3. The van der Waals surface area contributed by atoms with Gasteiger partial charge in [-0.2, -0.15) is 0 Å². The molecule has 0 amide bonds. The third-order valence-corrected chi connectivity index (χ3v) is 2.25. The summed E-state index contributed by atoms with van der Waals surface area (Å²) in [4.78, 5) is 30.7. The highest BCUT2D eigenvalue weighted by atomic mass is 35.5. The molecule has 0 heterocycles. The zero-order chi connectivity index (χ0) is 15.0. The first-order valence-electron chi connectivity index (χ1n) is 4.89. The molecule has 0 aliphatic heterocycles. The molecule has 6 nitrogen and oxygen atoms in total. The molecule has 0 fully saturated rings. The van der Waals surface area contributed by atoms with Gasteiger partial charge < -0.3 is 14.2 Å². The molecule has 0 rings (SSSR count). The predicted octanol–water partition coefficient (Wildman–Crippen LogP) is 1.61. The second kappa shape index (κ2) is 9.47. The van der Waals surface area contributed by atoms with E-state index in [0.29, 0.717) is 0 Å². The SMILES string of the molecule is CCOC(=O)[C@@H](COC(=O)C(Cl)Cl)OC(=O)C(Cl)Cl. The van der Waals surface area contributed by atoms with Gasteiger partial charge in [0.05, 0.1) is 6.61 Å². The Kier molecular flexibility index (Phi) is 9.26. The highest BCUT2D eigenvalue weighted by molar-refractivity contribution is 6.53. The predicted molar refractivity (Wildman–Crippen MR) is 68.5 cm³/mol. The summed E-state index contributed by atoms with van der Waals surface area (Å²) in [5, 5.41) is 0. The van der Waals surface area contributed by atoms with E-state index in [1.54, 1.807) is 6.92 Å². The van der Waals surface area contributed by atoms with Crippen LogP contribution in [0.2, 0.25) is 0 Å². The average molecular weight is 356 g/mol. The summed E-state index contributed by atoms with van der Waals surface area (Å²) in [6.07, 6.45) is -1.50. The van der Waals surface area contributed by atoms with Crippen molar-refractivity contribution in [2.45, 2.75) is 22.7 Å². The van der Waals surface area contributed by atoms with Crippen molar-refractivity contribution in [1.29, 1.82) is 0 Å². The Balaban J connectivity index is 4.54. The van der Waals surface area contributed by atoms with Crippen LogP contribution in [0.25, 0.3) is 0 Å². The van der Waals surface area contributed by atoms with E-state index in [4.69, 9.17) is 46.4 Å². The Bertz CT molecular complexity index is 333. The Morgan fingerprint density at radius 2 is 1.42 bits per heavy atom. The van der Waals surface area contributed by atoms with Crippen molar-refractivity contribution in [3.8, 4) is 0 Å². The van der Waals surface area contributed by atoms with E-state index >= 15 is 0 Å². The summed E-state index contributed by atoms with van der Waals surface area (Å²) in [6.45, 7) is 0.974. The minimum absolute atomic E-state index is 0.0413. The smallest absolute Gasteiger partial charge is 0.351 e. The fourth-order valence-corrected chi connectivity index (χ4v) is 1.03. The molecule has 1 atom stereocenters. The summed E-state index contributed by atoms with van der Waals surface area (Å²) in [5.41, 5.74) is 0. The van der Waals surface area contributed by atoms with Crippen LogP contribution in [0.15, 0.2) is 0 Å². The van der Waals surface area contributed by atoms with E-state index in [1.807, 2.05) is 0 Å². The number of ether oxygens (including phenoxy) is 3. The van der Waals surface area contributed by atoms with Crippen LogP contribution in [-0.2, 0) is 28.6 Å². The van der Waals surface area contributed by atoms with Gasteiger partial charge in [0.25, 0.3) is 0 Å². The summed E-state index contributed by atoms with van der Waals surface area (Å²) < 4.78 is 13.8. The van der Waals surface area contributed by atoms with E-state index in [0.717, 1.165) is 0 Å². The number of carbonyl (C=O) groups excluding carboxylic acids is 3. The number of esters is 3. The van der Waals surface area contributed by atoms with Crippen molar-refractivity contribution in [3.05, 3.63) is 0 Å². The summed E-state index contributed by atoms with van der Waals surface area (Å²) in [6, 6.07) is 0. The third-order valence-electron chi connectivity index (χ3n) is 1.54. The number of rotatable bonds is 7. The molecular weight excluding hydrogens is 346 g/mol. The fraction of sp³-hybridized carbons (Fsp3) is 0.667. The topological polar surface area (TPSA) is 78.9 Å². The molecule has 0 saturated carbocycles. The van der Waals surface area contributed by atoms with Crippen LogP contribution in [0.3, 0.4) is 0 Å². The zero-order valence-electron chi connectivity index (χ0n) is 9.61. The molecule has 0 saturated heterocycles. The molecule has 0 aromatic rings. The number of hydrogen-bond donors (Lipinski definition) is 0. The molecule has 110 valence electrons. The molecule has 0 bridgehead atoms. The van der Waals surface area contributed by atoms with Crippen LogP contribution in [0.4, 0.5) is 0 Å². The first kappa shape index (κ1) is 18.6. The van der Waals surface area contributed by atoms with Gasteiger partial charge >= 0.3 is 17.9 Å². The Morgan fingerprint density at radius 3 is 1.84 bits per heavy atom. The molecule has 0 aromatic heterocycles. The third kappa shape index (κ3) is 7.67. The Hall–Kier alpha value is -0.430. The van der Waals surface area contributed by atoms with E-state index in [1.165, 1.54) is 0 Å². The van der Waals surface area contributed by atoms with E-state index in [2.05, 4.69) is 14.2 Å². The van der Waals surface area contributed by atoms with E-state index < -0.39 is 40.3 Å². The summed E-state index contributed by atoms with van der Waals surface area (Å²) >= 11 is 21.0. The van der Waals surface area contributed by atoms with Gasteiger partial charge in [0.1, 0.15) is 6.61 Å². The van der Waals surface area contributed by atoms with Crippen LogP contribution in [0.5, 0.6) is 0 Å². The molecule has 19 heavy (non-hydrogen) atoms. The number of halogens is 4. The van der Waals surface area contributed by atoms with Crippen LogP contribution < -0.4 is 0 Å². The van der Waals surface area contributed by atoms with Gasteiger partial charge in [-0.15, -0.1) is 0 Å². The van der Waals surface area contributed by atoms with Crippen molar-refractivity contribution in [2.75, 3.05) is 13.2 Å². The minimum atomic E-state index is -1.50. The molecule has 0 radical (unpaired) electrons. The highest BCUT2D eigenvalue weighted by Crippen LogP contribution is 2.09. The van der Waals surface area contributed by atoms with Gasteiger partial charge in [0, 0.05) is 0 Å². The second-order valence-corrected chi connectivity index (χ2v) is 5.10. The summed E-state index contributed by atoms with van der Waals surface area (Å²) in [5.74, 6) is -2.99.